The number of ether oxygens (including phenoxy) is 5. The maximum atomic E-state index is 12.2. The standard InChI is InChI=1S/C20H17NO8S/c1-25-19(23)28-16-6-5-13(11-17(16)29-20(24)26-2)10-14(12-21)18(22)27-8-7-15-4-3-9-30-15/h3-6,9-11H,7-8H2,1-2H3/b14-10+. The Bertz CT molecular complexity index is 975. The van der Waals surface area contributed by atoms with Gasteiger partial charge < -0.3 is 23.7 Å². The van der Waals surface area contributed by atoms with Crippen molar-refractivity contribution in [3.05, 3.63) is 51.7 Å². The highest BCUT2D eigenvalue weighted by atomic mass is 32.1. The first kappa shape index (κ1) is 22.4. The molecule has 156 valence electrons. The predicted octanol–water partition coefficient (Wildman–Crippen LogP) is 3.73. The number of hydrogen-bond donors (Lipinski definition) is 0. The molecule has 1 aromatic carbocycles. The van der Waals surface area contributed by atoms with Crippen LogP contribution in [-0.2, 0) is 25.4 Å². The number of carbonyl (C=O) groups is 3. The van der Waals surface area contributed by atoms with E-state index >= 15 is 0 Å². The zero-order valence-electron chi connectivity index (χ0n) is 16.1. The van der Waals surface area contributed by atoms with Crippen molar-refractivity contribution in [2.75, 3.05) is 20.8 Å². The fourth-order valence-electron chi connectivity index (χ4n) is 2.12. The van der Waals surface area contributed by atoms with E-state index in [4.69, 9.17) is 14.2 Å². The lowest BCUT2D eigenvalue weighted by Crippen LogP contribution is -2.12. The number of nitriles is 1. The Labute approximate surface area is 176 Å². The van der Waals surface area contributed by atoms with Gasteiger partial charge in [-0.15, -0.1) is 11.3 Å². The fraction of sp³-hybridized carbons (Fsp3) is 0.200. The maximum Gasteiger partial charge on any atom is 0.513 e. The highest BCUT2D eigenvalue weighted by Gasteiger charge is 2.16. The van der Waals surface area contributed by atoms with Gasteiger partial charge in [-0.3, -0.25) is 0 Å². The molecule has 1 aromatic heterocycles. The molecule has 1 heterocycles. The normalized spacial score (nSPS) is 10.5. The summed E-state index contributed by atoms with van der Waals surface area (Å²) in [5, 5.41) is 11.2. The average Bonchev–Trinajstić information content (AvgIpc) is 3.26. The molecule has 0 radical (unpaired) electrons. The summed E-state index contributed by atoms with van der Waals surface area (Å²) < 4.78 is 23.8. The maximum absolute atomic E-state index is 12.2. The minimum absolute atomic E-state index is 0.124. The van der Waals surface area contributed by atoms with Crippen LogP contribution in [0.4, 0.5) is 9.59 Å². The van der Waals surface area contributed by atoms with Gasteiger partial charge in [-0.25, -0.2) is 14.4 Å². The first-order chi connectivity index (χ1) is 14.5. The van der Waals surface area contributed by atoms with E-state index in [0.717, 1.165) is 19.1 Å². The zero-order valence-corrected chi connectivity index (χ0v) is 16.9. The Morgan fingerprint density at radius 3 is 2.37 bits per heavy atom. The van der Waals surface area contributed by atoms with E-state index in [1.54, 1.807) is 6.07 Å². The summed E-state index contributed by atoms with van der Waals surface area (Å²) in [6.07, 6.45) is -0.294. The van der Waals surface area contributed by atoms with Crippen molar-refractivity contribution in [3.63, 3.8) is 0 Å². The molecule has 0 saturated carbocycles. The molecule has 0 aliphatic carbocycles. The Balaban J connectivity index is 2.17. The van der Waals surface area contributed by atoms with Crippen LogP contribution in [-0.4, -0.2) is 39.1 Å². The first-order valence-corrected chi connectivity index (χ1v) is 9.31. The van der Waals surface area contributed by atoms with Crippen molar-refractivity contribution >= 4 is 35.7 Å². The van der Waals surface area contributed by atoms with Crippen molar-refractivity contribution in [1.82, 2.24) is 0 Å². The van der Waals surface area contributed by atoms with E-state index < -0.39 is 18.3 Å². The molecule has 0 saturated heterocycles. The third-order valence-electron chi connectivity index (χ3n) is 3.50. The summed E-state index contributed by atoms with van der Waals surface area (Å²) >= 11 is 1.54. The third kappa shape index (κ3) is 6.65. The van der Waals surface area contributed by atoms with E-state index in [9.17, 15) is 19.6 Å². The number of hydrogen-bond acceptors (Lipinski definition) is 10. The molecule has 0 aliphatic heterocycles. The Morgan fingerprint density at radius 2 is 1.77 bits per heavy atom. The van der Waals surface area contributed by atoms with Crippen molar-refractivity contribution in [1.29, 1.82) is 5.26 Å². The number of methoxy groups -OCH3 is 2. The Morgan fingerprint density at radius 1 is 1.07 bits per heavy atom. The van der Waals surface area contributed by atoms with Crippen LogP contribution in [0.25, 0.3) is 6.08 Å². The number of carbonyl (C=O) groups excluding carboxylic acids is 3. The molecule has 0 unspecified atom stereocenters. The van der Waals surface area contributed by atoms with Gasteiger partial charge in [-0.05, 0) is 35.2 Å². The van der Waals surface area contributed by atoms with E-state index in [1.165, 1.54) is 35.6 Å². The van der Waals surface area contributed by atoms with Crippen LogP contribution in [0.1, 0.15) is 10.4 Å². The quantitative estimate of drug-likeness (QED) is 0.212. The van der Waals surface area contributed by atoms with Gasteiger partial charge in [0.2, 0.25) is 0 Å². The minimum Gasteiger partial charge on any atom is -0.461 e. The number of nitrogens with zero attached hydrogens (tertiary/aromatic N) is 1. The molecular weight excluding hydrogens is 414 g/mol. The zero-order chi connectivity index (χ0) is 21.9. The van der Waals surface area contributed by atoms with Crippen LogP contribution in [0.2, 0.25) is 0 Å². The fourth-order valence-corrected chi connectivity index (χ4v) is 2.81. The molecule has 2 rings (SSSR count). The van der Waals surface area contributed by atoms with Crippen molar-refractivity contribution in [2.45, 2.75) is 6.42 Å². The van der Waals surface area contributed by atoms with E-state index in [-0.39, 0.29) is 23.7 Å². The highest BCUT2D eigenvalue weighted by molar-refractivity contribution is 7.09. The summed E-state index contributed by atoms with van der Waals surface area (Å²) in [7, 11) is 2.22. The van der Waals surface area contributed by atoms with Crippen LogP contribution < -0.4 is 9.47 Å². The van der Waals surface area contributed by atoms with Crippen LogP contribution in [0.3, 0.4) is 0 Å². The lowest BCUT2D eigenvalue weighted by Gasteiger charge is -2.10. The second-order valence-corrected chi connectivity index (χ2v) is 6.49. The van der Waals surface area contributed by atoms with Crippen LogP contribution in [0.15, 0.2) is 41.3 Å². The molecule has 0 bridgehead atoms. The SMILES string of the molecule is COC(=O)Oc1ccc(/C=C(\C#N)C(=O)OCCc2cccs2)cc1OC(=O)OC. The van der Waals surface area contributed by atoms with E-state index in [0.29, 0.717) is 12.0 Å². The number of benzene rings is 1. The summed E-state index contributed by atoms with van der Waals surface area (Å²) in [5.74, 6) is -1.09. The molecule has 0 aliphatic rings. The Kier molecular flexibility index (Phi) is 8.40. The number of rotatable bonds is 7. The van der Waals surface area contributed by atoms with Gasteiger partial charge in [0.05, 0.1) is 20.8 Å². The third-order valence-corrected chi connectivity index (χ3v) is 4.44. The molecule has 0 spiro atoms. The van der Waals surface area contributed by atoms with Gasteiger partial charge in [0, 0.05) is 11.3 Å². The summed E-state index contributed by atoms with van der Waals surface area (Å²) in [5.41, 5.74) is 0.0599. The van der Waals surface area contributed by atoms with E-state index in [2.05, 4.69) is 9.47 Å². The predicted molar refractivity (Wildman–Crippen MR) is 105 cm³/mol. The highest BCUT2D eigenvalue weighted by Crippen LogP contribution is 2.30. The van der Waals surface area contributed by atoms with Crippen molar-refractivity contribution < 1.29 is 38.1 Å². The molecule has 0 amide bonds. The number of thiophene rings is 1. The smallest absolute Gasteiger partial charge is 0.461 e. The molecule has 30 heavy (non-hydrogen) atoms. The molecule has 0 atom stereocenters. The topological polar surface area (TPSA) is 121 Å². The second kappa shape index (κ2) is 11.2. The van der Waals surface area contributed by atoms with Crippen molar-refractivity contribution in [3.8, 4) is 17.6 Å². The van der Waals surface area contributed by atoms with Crippen LogP contribution in [0, 0.1) is 11.3 Å². The minimum atomic E-state index is -1.06. The van der Waals surface area contributed by atoms with Gasteiger partial charge in [0.25, 0.3) is 0 Å². The van der Waals surface area contributed by atoms with Crippen LogP contribution >= 0.6 is 11.3 Å². The lowest BCUT2D eigenvalue weighted by molar-refractivity contribution is -0.138. The lowest BCUT2D eigenvalue weighted by atomic mass is 10.1. The second-order valence-electron chi connectivity index (χ2n) is 5.45. The number of esters is 1. The van der Waals surface area contributed by atoms with Gasteiger partial charge >= 0.3 is 18.3 Å². The molecule has 10 heteroatoms. The summed E-state index contributed by atoms with van der Waals surface area (Å²) in [6, 6.07) is 9.61. The van der Waals surface area contributed by atoms with Crippen LogP contribution in [0.5, 0.6) is 11.5 Å². The van der Waals surface area contributed by atoms with Gasteiger partial charge in [0.15, 0.2) is 11.5 Å². The molecule has 2 aromatic rings. The molecule has 9 nitrogen and oxygen atoms in total. The average molecular weight is 431 g/mol. The van der Waals surface area contributed by atoms with Crippen molar-refractivity contribution in [2.24, 2.45) is 0 Å². The first-order valence-electron chi connectivity index (χ1n) is 8.43. The van der Waals surface area contributed by atoms with Gasteiger partial charge in [-0.2, -0.15) is 5.26 Å². The Hall–Kier alpha value is -3.84. The molecule has 0 N–H and O–H groups in total. The summed E-state index contributed by atoms with van der Waals surface area (Å²) in [6.45, 7) is 0.126. The van der Waals surface area contributed by atoms with Gasteiger partial charge in [-0.1, -0.05) is 12.1 Å². The van der Waals surface area contributed by atoms with E-state index in [1.807, 2.05) is 17.5 Å². The summed E-state index contributed by atoms with van der Waals surface area (Å²) in [4.78, 5) is 36.0. The molecule has 0 fully saturated rings. The molecular formula is C20H17NO8S. The van der Waals surface area contributed by atoms with Gasteiger partial charge in [0.1, 0.15) is 11.6 Å². The largest absolute Gasteiger partial charge is 0.513 e. The monoisotopic (exact) mass is 431 g/mol.